The van der Waals surface area contributed by atoms with Crippen molar-refractivity contribution in [2.45, 2.75) is 52.0 Å². The number of fused-ring (bicyclic) bond motifs is 1. The molecule has 0 radical (unpaired) electrons. The van der Waals surface area contributed by atoms with E-state index in [0.717, 1.165) is 34.9 Å². The van der Waals surface area contributed by atoms with Crippen molar-refractivity contribution in [2.24, 2.45) is 0 Å². The molecule has 0 saturated carbocycles. The van der Waals surface area contributed by atoms with Crippen molar-refractivity contribution >= 4 is 0 Å². The molecular weight excluding hydrogens is 372 g/mol. The van der Waals surface area contributed by atoms with Crippen LogP contribution in [0, 0.1) is 6.92 Å². The van der Waals surface area contributed by atoms with Crippen LogP contribution in [0.25, 0.3) is 22.6 Å². The molecule has 5 rings (SSSR count). The maximum atomic E-state index is 4.64. The molecule has 6 nitrogen and oxygen atoms in total. The third kappa shape index (κ3) is 3.32. The minimum absolute atomic E-state index is 0.540. The second-order valence-electron chi connectivity index (χ2n) is 8.48. The average Bonchev–Trinajstić information content (AvgIpc) is 3.48. The van der Waals surface area contributed by atoms with Crippen LogP contribution in [0.1, 0.15) is 54.5 Å². The van der Waals surface area contributed by atoms with Crippen molar-refractivity contribution in [1.82, 2.24) is 29.9 Å². The quantitative estimate of drug-likeness (QED) is 0.519. The zero-order chi connectivity index (χ0) is 20.7. The van der Waals surface area contributed by atoms with Crippen LogP contribution in [0.2, 0.25) is 0 Å². The van der Waals surface area contributed by atoms with Crippen molar-refractivity contribution in [3.8, 4) is 22.6 Å². The van der Waals surface area contributed by atoms with Gasteiger partial charge in [-0.15, -0.1) is 5.10 Å². The molecule has 1 aliphatic rings. The minimum Gasteiger partial charge on any atom is -0.336 e. The third-order valence-corrected chi connectivity index (χ3v) is 6.11. The highest BCUT2D eigenvalue weighted by molar-refractivity contribution is 5.67. The van der Waals surface area contributed by atoms with E-state index in [9.17, 15) is 0 Å². The fraction of sp³-hybridized carbons (Fsp3) is 0.333. The van der Waals surface area contributed by atoms with Crippen molar-refractivity contribution < 1.29 is 0 Å². The molecule has 0 fully saturated rings. The molecule has 1 N–H and O–H groups in total. The van der Waals surface area contributed by atoms with Gasteiger partial charge >= 0.3 is 0 Å². The molecule has 0 amide bonds. The van der Waals surface area contributed by atoms with E-state index in [1.165, 1.54) is 24.0 Å². The van der Waals surface area contributed by atoms with E-state index in [4.69, 9.17) is 0 Å². The first-order valence-electron chi connectivity index (χ1n) is 10.6. The summed E-state index contributed by atoms with van der Waals surface area (Å²) in [5.74, 6) is 1.09. The molecule has 3 aromatic heterocycles. The highest BCUT2D eigenvalue weighted by atomic mass is 15.3. The summed E-state index contributed by atoms with van der Waals surface area (Å²) < 4.78 is 2.21. The van der Waals surface area contributed by atoms with Gasteiger partial charge in [-0.05, 0) is 54.5 Å². The summed E-state index contributed by atoms with van der Waals surface area (Å²) >= 11 is 0. The SMILES string of the molecule is Cc1[nH]nnc1-c1ccnc(-c2cn(C[C@@H]3CCc4cccc(C(C)C)c43)cn2)c1. The average molecular weight is 399 g/mol. The highest BCUT2D eigenvalue weighted by Crippen LogP contribution is 2.39. The van der Waals surface area contributed by atoms with E-state index < -0.39 is 0 Å². The molecule has 30 heavy (non-hydrogen) atoms. The van der Waals surface area contributed by atoms with Crippen LogP contribution in [0.3, 0.4) is 0 Å². The predicted molar refractivity (Wildman–Crippen MR) is 117 cm³/mol. The molecule has 0 aliphatic heterocycles. The largest absolute Gasteiger partial charge is 0.336 e. The molecule has 0 bridgehead atoms. The smallest absolute Gasteiger partial charge is 0.115 e. The third-order valence-electron chi connectivity index (χ3n) is 6.11. The van der Waals surface area contributed by atoms with Crippen LogP contribution in [0.5, 0.6) is 0 Å². The first-order valence-corrected chi connectivity index (χ1v) is 10.6. The first-order chi connectivity index (χ1) is 14.6. The van der Waals surface area contributed by atoms with Gasteiger partial charge < -0.3 is 4.57 Å². The summed E-state index contributed by atoms with van der Waals surface area (Å²) in [6, 6.07) is 10.8. The predicted octanol–water partition coefficient (Wildman–Crippen LogP) is 4.89. The molecule has 1 aromatic carbocycles. The molecule has 3 heterocycles. The molecule has 4 aromatic rings. The van der Waals surface area contributed by atoms with Gasteiger partial charge in [-0.3, -0.25) is 10.1 Å². The Hall–Kier alpha value is -3.28. The molecule has 1 aliphatic carbocycles. The molecule has 6 heteroatoms. The van der Waals surface area contributed by atoms with Crippen LogP contribution in [0.4, 0.5) is 0 Å². The van der Waals surface area contributed by atoms with Crippen LogP contribution in [-0.4, -0.2) is 29.9 Å². The van der Waals surface area contributed by atoms with Crippen LogP contribution >= 0.6 is 0 Å². The number of pyridine rings is 1. The van der Waals surface area contributed by atoms with E-state index in [0.29, 0.717) is 11.8 Å². The Kier molecular flexibility index (Phi) is 4.69. The number of nitrogens with one attached hydrogen (secondary N) is 1. The van der Waals surface area contributed by atoms with Crippen molar-refractivity contribution in [2.75, 3.05) is 0 Å². The van der Waals surface area contributed by atoms with Gasteiger partial charge in [-0.1, -0.05) is 37.3 Å². The second-order valence-corrected chi connectivity index (χ2v) is 8.48. The van der Waals surface area contributed by atoms with Gasteiger partial charge in [0.1, 0.15) is 11.4 Å². The topological polar surface area (TPSA) is 72.3 Å². The number of hydrogen-bond acceptors (Lipinski definition) is 4. The van der Waals surface area contributed by atoms with E-state index in [1.54, 1.807) is 11.8 Å². The minimum atomic E-state index is 0.540. The number of nitrogens with zero attached hydrogens (tertiary/aromatic N) is 5. The number of rotatable bonds is 5. The molecule has 0 spiro atoms. The van der Waals surface area contributed by atoms with E-state index >= 15 is 0 Å². The Labute approximate surface area is 176 Å². The molecule has 1 atom stereocenters. The van der Waals surface area contributed by atoms with Gasteiger partial charge in [0.2, 0.25) is 0 Å². The molecule has 0 saturated heterocycles. The van der Waals surface area contributed by atoms with Gasteiger partial charge in [0.15, 0.2) is 0 Å². The second kappa shape index (κ2) is 7.52. The Morgan fingerprint density at radius 2 is 2.07 bits per heavy atom. The van der Waals surface area contributed by atoms with Gasteiger partial charge in [0.25, 0.3) is 0 Å². The summed E-state index contributed by atoms with van der Waals surface area (Å²) in [4.78, 5) is 9.18. The van der Waals surface area contributed by atoms with Gasteiger partial charge in [-0.25, -0.2) is 4.98 Å². The number of aryl methyl sites for hydroxylation is 2. The standard InChI is InChI=1S/C24H26N6/c1-15(2)20-6-4-5-17-7-8-19(23(17)20)12-30-13-22(26-14-30)21-11-18(9-10-25-21)24-16(3)27-29-28-24/h4-6,9-11,13-15,19H,7-8,12H2,1-3H3,(H,27,28,29)/t19-/m0/s1. The number of hydrogen-bond donors (Lipinski definition) is 1. The highest BCUT2D eigenvalue weighted by Gasteiger charge is 2.26. The number of aromatic nitrogens is 6. The van der Waals surface area contributed by atoms with Crippen LogP contribution in [-0.2, 0) is 13.0 Å². The zero-order valence-electron chi connectivity index (χ0n) is 17.6. The number of imidazole rings is 1. The molecule has 152 valence electrons. The van der Waals surface area contributed by atoms with Gasteiger partial charge in [-0.2, -0.15) is 0 Å². The van der Waals surface area contributed by atoms with E-state index in [1.807, 2.05) is 25.4 Å². The van der Waals surface area contributed by atoms with Crippen LogP contribution in [0.15, 0.2) is 49.1 Å². The lowest BCUT2D eigenvalue weighted by Gasteiger charge is -2.18. The van der Waals surface area contributed by atoms with E-state index in [-0.39, 0.29) is 0 Å². The fourth-order valence-corrected chi connectivity index (χ4v) is 4.63. The number of benzene rings is 1. The van der Waals surface area contributed by atoms with Crippen molar-refractivity contribution in [3.63, 3.8) is 0 Å². The lowest BCUT2D eigenvalue weighted by atomic mass is 9.89. The summed E-state index contributed by atoms with van der Waals surface area (Å²) in [5, 5.41) is 11.0. The normalized spacial score (nSPS) is 15.7. The summed E-state index contributed by atoms with van der Waals surface area (Å²) in [7, 11) is 0. The number of H-pyrrole nitrogens is 1. The molecular formula is C24H26N6. The Balaban J connectivity index is 1.40. The van der Waals surface area contributed by atoms with Gasteiger partial charge in [0, 0.05) is 30.4 Å². The van der Waals surface area contributed by atoms with Crippen molar-refractivity contribution in [3.05, 3.63) is 71.4 Å². The summed E-state index contributed by atoms with van der Waals surface area (Å²) in [6.07, 6.45) is 8.22. The lowest BCUT2D eigenvalue weighted by Crippen LogP contribution is -2.08. The van der Waals surface area contributed by atoms with Gasteiger partial charge in [0.05, 0.1) is 17.7 Å². The monoisotopic (exact) mass is 398 g/mol. The van der Waals surface area contributed by atoms with E-state index in [2.05, 4.69) is 68.2 Å². The number of aromatic amines is 1. The zero-order valence-corrected chi connectivity index (χ0v) is 17.6. The molecule has 0 unspecified atom stereocenters. The first kappa shape index (κ1) is 18.7. The van der Waals surface area contributed by atoms with Crippen molar-refractivity contribution in [1.29, 1.82) is 0 Å². The fourth-order valence-electron chi connectivity index (χ4n) is 4.63. The summed E-state index contributed by atoms with van der Waals surface area (Å²) in [6.45, 7) is 7.49. The Bertz CT molecular complexity index is 1190. The summed E-state index contributed by atoms with van der Waals surface area (Å²) in [5.41, 5.74) is 9.09. The lowest BCUT2D eigenvalue weighted by molar-refractivity contribution is 0.550. The van der Waals surface area contributed by atoms with Crippen LogP contribution < -0.4 is 0 Å². The maximum absolute atomic E-state index is 4.64. The maximum Gasteiger partial charge on any atom is 0.115 e. The Morgan fingerprint density at radius 1 is 1.17 bits per heavy atom. The Morgan fingerprint density at radius 3 is 2.87 bits per heavy atom.